The highest BCUT2D eigenvalue weighted by atomic mass is 19.1. The molecule has 17 heavy (non-hydrogen) atoms. The molecule has 1 heterocycles. The second kappa shape index (κ2) is 4.13. The number of nitrogens with one attached hydrogen (secondary N) is 1. The van der Waals surface area contributed by atoms with Gasteiger partial charge in [-0.05, 0) is 30.5 Å². The minimum atomic E-state index is -0.248. The van der Waals surface area contributed by atoms with Crippen LogP contribution in [0, 0.1) is 5.82 Å². The number of halogens is 1. The predicted octanol–water partition coefficient (Wildman–Crippen LogP) is 2.86. The molecule has 2 aromatic rings. The Morgan fingerprint density at radius 2 is 1.88 bits per heavy atom. The SMILES string of the molecule is Fc1cccc(-c2cnc(NC3CC3)nc2)c1. The first kappa shape index (κ1) is 10.2. The molecule has 1 aliphatic rings. The molecule has 3 nitrogen and oxygen atoms in total. The van der Waals surface area contributed by atoms with Crippen molar-refractivity contribution < 1.29 is 4.39 Å². The summed E-state index contributed by atoms with van der Waals surface area (Å²) in [6.07, 6.45) is 5.81. The van der Waals surface area contributed by atoms with E-state index in [0.29, 0.717) is 12.0 Å². The van der Waals surface area contributed by atoms with Crippen LogP contribution >= 0.6 is 0 Å². The highest BCUT2D eigenvalue weighted by Gasteiger charge is 2.21. The summed E-state index contributed by atoms with van der Waals surface area (Å²) in [6, 6.07) is 6.96. The van der Waals surface area contributed by atoms with Gasteiger partial charge in [0.05, 0.1) is 0 Å². The van der Waals surface area contributed by atoms with Crippen molar-refractivity contribution in [2.75, 3.05) is 5.32 Å². The molecule has 1 N–H and O–H groups in total. The molecule has 4 heteroatoms. The summed E-state index contributed by atoms with van der Waals surface area (Å²) < 4.78 is 13.1. The first-order valence-corrected chi connectivity index (χ1v) is 5.66. The predicted molar refractivity (Wildman–Crippen MR) is 64.1 cm³/mol. The molecule has 0 spiro atoms. The number of benzene rings is 1. The van der Waals surface area contributed by atoms with Crippen molar-refractivity contribution in [3.63, 3.8) is 0 Å². The molecule has 1 saturated carbocycles. The van der Waals surface area contributed by atoms with Crippen molar-refractivity contribution in [2.24, 2.45) is 0 Å². The Morgan fingerprint density at radius 1 is 1.12 bits per heavy atom. The first-order valence-electron chi connectivity index (χ1n) is 5.66. The zero-order valence-corrected chi connectivity index (χ0v) is 9.23. The molecule has 1 aromatic carbocycles. The van der Waals surface area contributed by atoms with E-state index in [1.807, 2.05) is 6.07 Å². The highest BCUT2D eigenvalue weighted by molar-refractivity contribution is 5.61. The summed E-state index contributed by atoms with van der Waals surface area (Å²) in [4.78, 5) is 8.44. The summed E-state index contributed by atoms with van der Waals surface area (Å²) in [5.41, 5.74) is 1.62. The van der Waals surface area contributed by atoms with Gasteiger partial charge in [-0.15, -0.1) is 0 Å². The van der Waals surface area contributed by atoms with Gasteiger partial charge >= 0.3 is 0 Å². The standard InChI is InChI=1S/C13H12FN3/c14-11-3-1-2-9(6-11)10-7-15-13(16-8-10)17-12-4-5-12/h1-3,6-8,12H,4-5H2,(H,15,16,17). The Balaban J connectivity index is 1.83. The van der Waals surface area contributed by atoms with Crippen LogP contribution in [-0.2, 0) is 0 Å². The zero-order chi connectivity index (χ0) is 11.7. The van der Waals surface area contributed by atoms with E-state index in [9.17, 15) is 4.39 Å². The van der Waals surface area contributed by atoms with Crippen molar-refractivity contribution in [2.45, 2.75) is 18.9 Å². The van der Waals surface area contributed by atoms with E-state index in [1.54, 1.807) is 18.5 Å². The number of hydrogen-bond acceptors (Lipinski definition) is 3. The van der Waals surface area contributed by atoms with Crippen molar-refractivity contribution in [3.05, 3.63) is 42.5 Å². The number of rotatable bonds is 3. The minimum absolute atomic E-state index is 0.248. The molecular weight excluding hydrogens is 217 g/mol. The Kier molecular flexibility index (Phi) is 2.48. The fourth-order valence-electron chi connectivity index (χ4n) is 1.63. The third-order valence-electron chi connectivity index (χ3n) is 2.72. The number of aromatic nitrogens is 2. The van der Waals surface area contributed by atoms with Gasteiger partial charge in [-0.25, -0.2) is 14.4 Å². The Morgan fingerprint density at radius 3 is 2.53 bits per heavy atom. The van der Waals surface area contributed by atoms with Gasteiger partial charge in [0.1, 0.15) is 5.82 Å². The normalized spacial score (nSPS) is 14.6. The van der Waals surface area contributed by atoms with Gasteiger partial charge < -0.3 is 5.32 Å². The van der Waals surface area contributed by atoms with Crippen LogP contribution in [0.3, 0.4) is 0 Å². The lowest BCUT2D eigenvalue weighted by molar-refractivity contribution is 0.628. The average Bonchev–Trinajstić information content (AvgIpc) is 3.14. The summed E-state index contributed by atoms with van der Waals surface area (Å²) in [6.45, 7) is 0. The largest absolute Gasteiger partial charge is 0.351 e. The smallest absolute Gasteiger partial charge is 0.222 e. The van der Waals surface area contributed by atoms with E-state index in [2.05, 4.69) is 15.3 Å². The zero-order valence-electron chi connectivity index (χ0n) is 9.23. The van der Waals surface area contributed by atoms with Crippen molar-refractivity contribution in [1.29, 1.82) is 0 Å². The molecule has 0 atom stereocenters. The second-order valence-electron chi connectivity index (χ2n) is 4.22. The highest BCUT2D eigenvalue weighted by Crippen LogP contribution is 2.24. The van der Waals surface area contributed by atoms with E-state index in [0.717, 1.165) is 11.1 Å². The van der Waals surface area contributed by atoms with Crippen LogP contribution in [0.15, 0.2) is 36.7 Å². The molecule has 0 radical (unpaired) electrons. The summed E-state index contributed by atoms with van der Waals surface area (Å²) in [5, 5.41) is 3.21. The van der Waals surface area contributed by atoms with Crippen LogP contribution in [0.4, 0.5) is 10.3 Å². The van der Waals surface area contributed by atoms with E-state index < -0.39 is 0 Å². The van der Waals surface area contributed by atoms with Gasteiger partial charge in [-0.3, -0.25) is 0 Å². The summed E-state index contributed by atoms with van der Waals surface area (Å²) in [5.74, 6) is 0.398. The maximum absolute atomic E-state index is 13.1. The fraction of sp³-hybridized carbons (Fsp3) is 0.231. The molecular formula is C13H12FN3. The minimum Gasteiger partial charge on any atom is -0.351 e. The van der Waals surface area contributed by atoms with Gasteiger partial charge in [-0.2, -0.15) is 0 Å². The van der Waals surface area contributed by atoms with Gasteiger partial charge in [0.2, 0.25) is 5.95 Å². The lowest BCUT2D eigenvalue weighted by atomic mass is 10.1. The third-order valence-corrected chi connectivity index (χ3v) is 2.72. The quantitative estimate of drug-likeness (QED) is 0.879. The van der Waals surface area contributed by atoms with E-state index >= 15 is 0 Å². The molecule has 0 unspecified atom stereocenters. The maximum Gasteiger partial charge on any atom is 0.222 e. The first-order chi connectivity index (χ1) is 8.31. The number of nitrogens with zero attached hydrogens (tertiary/aromatic N) is 2. The molecule has 1 aromatic heterocycles. The second-order valence-corrected chi connectivity index (χ2v) is 4.22. The van der Waals surface area contributed by atoms with Crippen molar-refractivity contribution in [3.8, 4) is 11.1 Å². The van der Waals surface area contributed by atoms with E-state index in [1.165, 1.54) is 25.0 Å². The molecule has 0 bridgehead atoms. The van der Waals surface area contributed by atoms with Crippen molar-refractivity contribution >= 4 is 5.95 Å². The van der Waals surface area contributed by atoms with Crippen LogP contribution in [0.5, 0.6) is 0 Å². The Labute approximate surface area is 98.7 Å². The lowest BCUT2D eigenvalue weighted by Gasteiger charge is -2.04. The van der Waals surface area contributed by atoms with Crippen LogP contribution in [0.2, 0.25) is 0 Å². The fourth-order valence-corrected chi connectivity index (χ4v) is 1.63. The van der Waals surface area contributed by atoms with Gasteiger partial charge in [0.15, 0.2) is 0 Å². The van der Waals surface area contributed by atoms with Crippen LogP contribution in [0.1, 0.15) is 12.8 Å². The lowest BCUT2D eigenvalue weighted by Crippen LogP contribution is -2.04. The topological polar surface area (TPSA) is 37.8 Å². The van der Waals surface area contributed by atoms with Crippen LogP contribution in [-0.4, -0.2) is 16.0 Å². The molecule has 1 fully saturated rings. The van der Waals surface area contributed by atoms with E-state index in [-0.39, 0.29) is 5.82 Å². The summed E-state index contributed by atoms with van der Waals surface area (Å²) >= 11 is 0. The monoisotopic (exact) mass is 229 g/mol. The molecule has 86 valence electrons. The molecule has 3 rings (SSSR count). The average molecular weight is 229 g/mol. The van der Waals surface area contributed by atoms with Gasteiger partial charge in [0.25, 0.3) is 0 Å². The molecule has 0 amide bonds. The molecule has 0 aliphatic heterocycles. The molecule has 0 saturated heterocycles. The number of hydrogen-bond donors (Lipinski definition) is 1. The van der Waals surface area contributed by atoms with Gasteiger partial charge in [0, 0.05) is 24.0 Å². The number of anilines is 1. The maximum atomic E-state index is 13.1. The summed E-state index contributed by atoms with van der Waals surface area (Å²) in [7, 11) is 0. The Bertz CT molecular complexity index is 520. The molecule has 1 aliphatic carbocycles. The van der Waals surface area contributed by atoms with Crippen molar-refractivity contribution in [1.82, 2.24) is 9.97 Å². The third kappa shape index (κ3) is 2.41. The Hall–Kier alpha value is -1.97. The van der Waals surface area contributed by atoms with E-state index in [4.69, 9.17) is 0 Å². The van der Waals surface area contributed by atoms with Crippen LogP contribution < -0.4 is 5.32 Å². The van der Waals surface area contributed by atoms with Gasteiger partial charge in [-0.1, -0.05) is 12.1 Å². The van der Waals surface area contributed by atoms with Crippen LogP contribution in [0.25, 0.3) is 11.1 Å².